The van der Waals surface area contributed by atoms with Crippen molar-refractivity contribution >= 4 is 25.8 Å². The summed E-state index contributed by atoms with van der Waals surface area (Å²) in [6.07, 6.45) is 7.60. The molecule has 1 unspecified atom stereocenters. The molecule has 5 aliphatic rings. The van der Waals surface area contributed by atoms with Gasteiger partial charge in [0.15, 0.2) is 0 Å². The molecule has 4 nitrogen and oxygen atoms in total. The summed E-state index contributed by atoms with van der Waals surface area (Å²) >= 11 is 0. The average Bonchev–Trinajstić information content (AvgIpc) is 2.20. The first kappa shape index (κ1) is 12.5. The van der Waals surface area contributed by atoms with Crippen LogP contribution in [0.1, 0.15) is 44.9 Å². The van der Waals surface area contributed by atoms with E-state index in [0.29, 0.717) is 6.42 Å². The maximum absolute atomic E-state index is 11.6. The second kappa shape index (κ2) is 3.67. The lowest BCUT2D eigenvalue weighted by Gasteiger charge is -2.62. The van der Waals surface area contributed by atoms with Crippen LogP contribution in [0.15, 0.2) is 0 Å². The van der Waals surface area contributed by atoms with Gasteiger partial charge in [0, 0.05) is 10.7 Å². The van der Waals surface area contributed by atoms with Crippen LogP contribution in [0.25, 0.3) is 0 Å². The number of amides is 1. The lowest BCUT2D eigenvalue weighted by atomic mass is 9.47. The fourth-order valence-electron chi connectivity index (χ4n) is 5.72. The molecule has 4 aliphatic carbocycles. The van der Waals surface area contributed by atoms with Gasteiger partial charge in [-0.05, 0) is 61.7 Å². The molecule has 0 aromatic rings. The van der Waals surface area contributed by atoms with Gasteiger partial charge in [-0.2, -0.15) is 8.42 Å². The smallest absolute Gasteiger partial charge is 0.274 e. The van der Waals surface area contributed by atoms with Gasteiger partial charge >= 0.3 is 9.24 Å². The number of hydrogen-bond acceptors (Lipinski definition) is 3. The standard InChI is InChI=1S/C13H18ClNO3S/c14-19(17,18)15-11(4-12(15)16)13-5-8-1-9(6-13)3-10(2-8)7-13/h8-11H,1-7H2. The Kier molecular flexibility index (Phi) is 2.40. The van der Waals surface area contributed by atoms with Gasteiger partial charge in [0.1, 0.15) is 0 Å². The molecule has 1 atom stereocenters. The highest BCUT2D eigenvalue weighted by molar-refractivity contribution is 8.12. The summed E-state index contributed by atoms with van der Waals surface area (Å²) in [5, 5.41) is 0. The van der Waals surface area contributed by atoms with Crippen LogP contribution in [0.5, 0.6) is 0 Å². The summed E-state index contributed by atoms with van der Waals surface area (Å²) in [5.41, 5.74) is 0.0463. The van der Waals surface area contributed by atoms with Gasteiger partial charge in [0.05, 0.1) is 12.5 Å². The van der Waals surface area contributed by atoms with Crippen molar-refractivity contribution in [2.24, 2.45) is 23.2 Å². The molecule has 0 radical (unpaired) electrons. The molecule has 106 valence electrons. The molecule has 6 heteroatoms. The first-order valence-corrected chi connectivity index (χ1v) is 9.41. The Morgan fingerprint density at radius 3 is 1.89 bits per heavy atom. The van der Waals surface area contributed by atoms with Gasteiger partial charge in [-0.15, -0.1) is 0 Å². The van der Waals surface area contributed by atoms with Crippen molar-refractivity contribution in [3.8, 4) is 0 Å². The fraction of sp³-hybridized carbons (Fsp3) is 0.923. The molecule has 1 saturated heterocycles. The number of β-lactam (4-membered cyclic amide) rings is 1. The van der Waals surface area contributed by atoms with E-state index in [0.717, 1.165) is 41.3 Å². The minimum Gasteiger partial charge on any atom is -0.274 e. The number of carbonyl (C=O) groups excluding carboxylic acids is 1. The van der Waals surface area contributed by atoms with Crippen molar-refractivity contribution in [3.63, 3.8) is 0 Å². The normalized spacial score (nSPS) is 48.5. The summed E-state index contributed by atoms with van der Waals surface area (Å²) in [7, 11) is 1.54. The van der Waals surface area contributed by atoms with E-state index in [-0.39, 0.29) is 17.4 Å². The Morgan fingerprint density at radius 2 is 1.53 bits per heavy atom. The number of carbonyl (C=O) groups is 1. The molecular formula is C13H18ClNO3S. The van der Waals surface area contributed by atoms with E-state index < -0.39 is 9.24 Å². The molecule has 19 heavy (non-hydrogen) atoms. The van der Waals surface area contributed by atoms with Gasteiger partial charge in [-0.1, -0.05) is 0 Å². The van der Waals surface area contributed by atoms with Crippen LogP contribution in [0.3, 0.4) is 0 Å². The number of hydrogen-bond donors (Lipinski definition) is 0. The van der Waals surface area contributed by atoms with E-state index in [4.69, 9.17) is 10.7 Å². The van der Waals surface area contributed by atoms with Gasteiger partial charge in [-0.25, -0.2) is 4.31 Å². The first-order valence-electron chi connectivity index (χ1n) is 7.14. The van der Waals surface area contributed by atoms with Crippen LogP contribution >= 0.6 is 10.7 Å². The van der Waals surface area contributed by atoms with Crippen molar-refractivity contribution in [2.45, 2.75) is 51.0 Å². The summed E-state index contributed by atoms with van der Waals surface area (Å²) in [5.74, 6) is 1.93. The first-order chi connectivity index (χ1) is 8.87. The third-order valence-electron chi connectivity index (χ3n) is 5.92. The quantitative estimate of drug-likeness (QED) is 0.581. The zero-order valence-electron chi connectivity index (χ0n) is 10.7. The minimum atomic E-state index is -3.90. The predicted octanol–water partition coefficient (Wildman–Crippen LogP) is 2.29. The monoisotopic (exact) mass is 303 g/mol. The van der Waals surface area contributed by atoms with E-state index in [9.17, 15) is 13.2 Å². The SMILES string of the molecule is O=C1CC(C23CC4CC(CC(C4)C2)C3)N1S(=O)(=O)Cl. The van der Waals surface area contributed by atoms with E-state index >= 15 is 0 Å². The fourth-order valence-corrected chi connectivity index (χ4v) is 7.16. The molecular weight excluding hydrogens is 286 g/mol. The van der Waals surface area contributed by atoms with Crippen molar-refractivity contribution in [1.29, 1.82) is 0 Å². The molecule has 1 aliphatic heterocycles. The number of nitrogens with zero attached hydrogens (tertiary/aromatic N) is 1. The largest absolute Gasteiger partial charge is 0.324 e. The molecule has 1 amide bonds. The maximum atomic E-state index is 11.6. The topological polar surface area (TPSA) is 54.5 Å². The third-order valence-corrected chi connectivity index (χ3v) is 7.30. The summed E-state index contributed by atoms with van der Waals surface area (Å²) in [4.78, 5) is 11.6. The van der Waals surface area contributed by atoms with Crippen LogP contribution in [-0.4, -0.2) is 24.7 Å². The summed E-state index contributed by atoms with van der Waals surface area (Å²) in [6.45, 7) is 0. The predicted molar refractivity (Wildman–Crippen MR) is 70.6 cm³/mol. The highest BCUT2D eigenvalue weighted by Gasteiger charge is 2.61. The Bertz CT molecular complexity index is 509. The third kappa shape index (κ3) is 1.70. The number of halogens is 1. The summed E-state index contributed by atoms with van der Waals surface area (Å²) < 4.78 is 24.2. The molecule has 1 heterocycles. The zero-order valence-corrected chi connectivity index (χ0v) is 12.3. The van der Waals surface area contributed by atoms with Gasteiger partial charge < -0.3 is 0 Å². The second-order valence-corrected chi connectivity index (χ2v) is 9.52. The molecule has 4 bridgehead atoms. The molecule has 5 fully saturated rings. The highest BCUT2D eigenvalue weighted by atomic mass is 35.7. The molecule has 0 aromatic carbocycles. The van der Waals surface area contributed by atoms with Crippen LogP contribution < -0.4 is 0 Å². The molecule has 0 N–H and O–H groups in total. The van der Waals surface area contributed by atoms with Crippen molar-refractivity contribution in [2.75, 3.05) is 0 Å². The van der Waals surface area contributed by atoms with Gasteiger partial charge in [-0.3, -0.25) is 4.79 Å². The van der Waals surface area contributed by atoms with Crippen molar-refractivity contribution in [3.05, 3.63) is 0 Å². The second-order valence-electron chi connectivity index (χ2n) is 7.13. The van der Waals surface area contributed by atoms with Crippen molar-refractivity contribution in [1.82, 2.24) is 4.31 Å². The van der Waals surface area contributed by atoms with Crippen LogP contribution in [-0.2, 0) is 14.0 Å². The van der Waals surface area contributed by atoms with Gasteiger partial charge in [0.2, 0.25) is 5.91 Å². The van der Waals surface area contributed by atoms with Crippen molar-refractivity contribution < 1.29 is 13.2 Å². The maximum Gasteiger partial charge on any atom is 0.324 e. The van der Waals surface area contributed by atoms with E-state index in [1.807, 2.05) is 0 Å². The van der Waals surface area contributed by atoms with Crippen LogP contribution in [0, 0.1) is 23.2 Å². The molecule has 0 aromatic heterocycles. The lowest BCUT2D eigenvalue weighted by molar-refractivity contribution is -0.156. The average molecular weight is 304 g/mol. The molecule has 0 spiro atoms. The number of rotatable bonds is 2. The Balaban J connectivity index is 1.67. The minimum absolute atomic E-state index is 0.0463. The Morgan fingerprint density at radius 1 is 1.05 bits per heavy atom. The van der Waals surface area contributed by atoms with E-state index in [1.54, 1.807) is 0 Å². The van der Waals surface area contributed by atoms with E-state index in [2.05, 4.69) is 0 Å². The van der Waals surface area contributed by atoms with Crippen LogP contribution in [0.2, 0.25) is 0 Å². The Hall–Kier alpha value is -0.290. The molecule has 5 rings (SSSR count). The van der Waals surface area contributed by atoms with Gasteiger partial charge in [0.25, 0.3) is 0 Å². The van der Waals surface area contributed by atoms with E-state index in [1.165, 1.54) is 19.3 Å². The molecule has 4 saturated carbocycles. The van der Waals surface area contributed by atoms with Crippen LogP contribution in [0.4, 0.5) is 0 Å². The lowest BCUT2D eigenvalue weighted by Crippen LogP contribution is -2.65. The summed E-state index contributed by atoms with van der Waals surface area (Å²) in [6, 6.07) is -0.157. The zero-order chi connectivity index (χ0) is 13.4. The highest BCUT2D eigenvalue weighted by Crippen LogP contribution is 2.63. The Labute approximate surface area is 118 Å².